The third-order valence-electron chi connectivity index (χ3n) is 4.80. The summed E-state index contributed by atoms with van der Waals surface area (Å²) in [4.78, 5) is 40.9. The molecule has 4 rings (SSSR count). The Morgan fingerprint density at radius 1 is 1.39 bits per heavy atom. The van der Waals surface area contributed by atoms with Crippen LogP contribution in [0, 0.1) is 0 Å². The van der Waals surface area contributed by atoms with Gasteiger partial charge in [-0.25, -0.2) is 4.98 Å². The number of fused-ring (bicyclic) bond motifs is 1. The highest BCUT2D eigenvalue weighted by Crippen LogP contribution is 2.32. The molecule has 3 aromatic rings. The highest BCUT2D eigenvalue weighted by atomic mass is 32.1. The van der Waals surface area contributed by atoms with Crippen molar-refractivity contribution in [2.24, 2.45) is 0 Å². The topological polar surface area (TPSA) is 113 Å². The van der Waals surface area contributed by atoms with E-state index in [0.717, 1.165) is 16.2 Å². The zero-order valence-electron chi connectivity index (χ0n) is 17.2. The zero-order chi connectivity index (χ0) is 22.4. The number of nitrogens with one attached hydrogen (secondary N) is 1. The first kappa shape index (κ1) is 22.4. The van der Waals surface area contributed by atoms with E-state index in [1.165, 1.54) is 0 Å². The summed E-state index contributed by atoms with van der Waals surface area (Å²) in [5, 5.41) is 11.8. The molecular formula is C21H24N4O5S. The van der Waals surface area contributed by atoms with Gasteiger partial charge in [0.1, 0.15) is 6.61 Å². The van der Waals surface area contributed by atoms with Crippen LogP contribution in [0.3, 0.4) is 0 Å². The average Bonchev–Trinajstić information content (AvgIpc) is 3.34. The highest BCUT2D eigenvalue weighted by Gasteiger charge is 2.42. The minimum atomic E-state index is -0.772. The van der Waals surface area contributed by atoms with Crippen molar-refractivity contribution in [2.75, 3.05) is 6.61 Å². The average molecular weight is 445 g/mol. The van der Waals surface area contributed by atoms with Gasteiger partial charge < -0.3 is 20.1 Å². The molecule has 0 saturated carbocycles. The number of nitrogens with zero attached hydrogens (tertiary/aromatic N) is 3. The van der Waals surface area contributed by atoms with E-state index >= 15 is 0 Å². The fourth-order valence-corrected chi connectivity index (χ4v) is 4.30. The Kier molecular flexibility index (Phi) is 7.37. The summed E-state index contributed by atoms with van der Waals surface area (Å²) in [6.45, 7) is 3.86. The molecule has 0 aliphatic carbocycles. The lowest BCUT2D eigenvalue weighted by atomic mass is 9.96. The molecule has 2 N–H and O–H groups in total. The number of hydrogen-bond acceptors (Lipinski definition) is 6. The van der Waals surface area contributed by atoms with E-state index in [4.69, 9.17) is 14.6 Å². The van der Waals surface area contributed by atoms with Crippen molar-refractivity contribution in [3.63, 3.8) is 0 Å². The number of morpholine rings is 1. The molecule has 2 atom stereocenters. The van der Waals surface area contributed by atoms with Crippen molar-refractivity contribution in [1.82, 2.24) is 19.6 Å². The number of carbonyl (C=O) groups excluding carboxylic acids is 2. The largest absolute Gasteiger partial charge is 0.483 e. The van der Waals surface area contributed by atoms with Crippen LogP contribution in [0.15, 0.2) is 48.1 Å². The molecule has 2 aromatic heterocycles. The van der Waals surface area contributed by atoms with Crippen molar-refractivity contribution >= 4 is 34.6 Å². The minimum Gasteiger partial charge on any atom is -0.483 e. The van der Waals surface area contributed by atoms with Gasteiger partial charge in [0.2, 0.25) is 5.91 Å². The van der Waals surface area contributed by atoms with Crippen LogP contribution in [0.5, 0.6) is 0 Å². The molecule has 10 heteroatoms. The first-order valence-electron chi connectivity index (χ1n) is 9.70. The standard InChI is InChI=1S/C20H22N4O3S.CH2O2/c1-13(2)24-16(25)12-27-18(17(24)14-6-4-3-5-7-14)19(26)21-10-15-11-23-8-9-28-20(23)22-15;2-1-3/h3-9,11,13,17-18H,10,12H2,1-2H3,(H,21,26);1H,(H,2,3)/t17-,18+;/m1./s1. The smallest absolute Gasteiger partial charge is 0.290 e. The molecule has 0 radical (unpaired) electrons. The van der Waals surface area contributed by atoms with E-state index in [9.17, 15) is 9.59 Å². The Balaban J connectivity index is 0.000000858. The lowest BCUT2D eigenvalue weighted by Crippen LogP contribution is -2.56. The number of benzene rings is 1. The maximum Gasteiger partial charge on any atom is 0.290 e. The molecule has 1 aromatic carbocycles. The van der Waals surface area contributed by atoms with Crippen molar-refractivity contribution < 1.29 is 24.2 Å². The van der Waals surface area contributed by atoms with Gasteiger partial charge in [0, 0.05) is 23.8 Å². The lowest BCUT2D eigenvalue weighted by molar-refractivity contribution is -0.167. The number of ether oxygens (including phenoxy) is 1. The van der Waals surface area contributed by atoms with Gasteiger partial charge >= 0.3 is 0 Å². The number of rotatable bonds is 5. The second kappa shape index (κ2) is 10.2. The molecule has 1 fully saturated rings. The van der Waals surface area contributed by atoms with Crippen LogP contribution in [0.2, 0.25) is 0 Å². The molecule has 2 amide bonds. The van der Waals surface area contributed by atoms with Gasteiger partial charge in [0.15, 0.2) is 11.1 Å². The number of amides is 2. The predicted molar refractivity (Wildman–Crippen MR) is 115 cm³/mol. The normalized spacial score (nSPS) is 18.5. The summed E-state index contributed by atoms with van der Waals surface area (Å²) < 4.78 is 7.63. The summed E-state index contributed by atoms with van der Waals surface area (Å²) in [5.74, 6) is -0.356. The molecule has 1 aliphatic rings. The summed E-state index contributed by atoms with van der Waals surface area (Å²) in [7, 11) is 0. The highest BCUT2D eigenvalue weighted by molar-refractivity contribution is 7.15. The molecule has 1 saturated heterocycles. The van der Waals surface area contributed by atoms with Crippen molar-refractivity contribution in [3.8, 4) is 0 Å². The van der Waals surface area contributed by atoms with E-state index in [1.54, 1.807) is 16.2 Å². The van der Waals surface area contributed by atoms with Crippen LogP contribution in [0.1, 0.15) is 31.1 Å². The van der Waals surface area contributed by atoms with E-state index in [-0.39, 0.29) is 30.9 Å². The Labute approximate surface area is 183 Å². The Morgan fingerprint density at radius 3 is 2.74 bits per heavy atom. The molecule has 0 bridgehead atoms. The van der Waals surface area contributed by atoms with E-state index < -0.39 is 12.1 Å². The number of aromatic nitrogens is 2. The first-order chi connectivity index (χ1) is 15.0. The van der Waals surface area contributed by atoms with Crippen molar-refractivity contribution in [2.45, 2.75) is 38.6 Å². The maximum atomic E-state index is 13.0. The van der Waals surface area contributed by atoms with Crippen LogP contribution in [-0.2, 0) is 25.7 Å². The van der Waals surface area contributed by atoms with Gasteiger partial charge in [0.05, 0.1) is 18.3 Å². The summed E-state index contributed by atoms with van der Waals surface area (Å²) in [6.07, 6.45) is 3.05. The van der Waals surface area contributed by atoms with E-state index in [2.05, 4.69) is 10.3 Å². The van der Waals surface area contributed by atoms with Crippen molar-refractivity contribution in [3.05, 3.63) is 59.4 Å². The Morgan fingerprint density at radius 2 is 2.10 bits per heavy atom. The summed E-state index contributed by atoms with van der Waals surface area (Å²) in [6, 6.07) is 9.05. The number of carboxylic acid groups (broad SMARTS) is 1. The zero-order valence-corrected chi connectivity index (χ0v) is 18.0. The Hall–Kier alpha value is -3.24. The molecule has 164 valence electrons. The SMILES string of the molecule is CC(C)N1C(=O)CO[C@H](C(=O)NCc2cn3ccsc3n2)[C@H]1c1ccccc1.O=CO. The van der Waals surface area contributed by atoms with E-state index in [1.807, 2.05) is 66.4 Å². The van der Waals surface area contributed by atoms with Crippen LogP contribution >= 0.6 is 11.3 Å². The van der Waals surface area contributed by atoms with Gasteiger partial charge in [-0.05, 0) is 19.4 Å². The fraction of sp³-hybridized carbons (Fsp3) is 0.333. The monoisotopic (exact) mass is 444 g/mol. The third kappa shape index (κ3) is 5.09. The van der Waals surface area contributed by atoms with Gasteiger partial charge in [-0.1, -0.05) is 30.3 Å². The predicted octanol–water partition coefficient (Wildman–Crippen LogP) is 2.09. The van der Waals surface area contributed by atoms with Gasteiger partial charge in [-0.15, -0.1) is 11.3 Å². The molecule has 1 aliphatic heterocycles. The first-order valence-corrected chi connectivity index (χ1v) is 10.6. The molecule has 0 spiro atoms. The van der Waals surface area contributed by atoms with Crippen molar-refractivity contribution in [1.29, 1.82) is 0 Å². The maximum absolute atomic E-state index is 13.0. The number of carbonyl (C=O) groups is 3. The number of thiazole rings is 1. The molecule has 3 heterocycles. The molecule has 31 heavy (non-hydrogen) atoms. The van der Waals surface area contributed by atoms with Gasteiger partial charge in [-0.3, -0.25) is 18.8 Å². The number of imidazole rings is 1. The molecule has 9 nitrogen and oxygen atoms in total. The molecular weight excluding hydrogens is 420 g/mol. The summed E-state index contributed by atoms with van der Waals surface area (Å²) in [5.41, 5.74) is 1.66. The van der Waals surface area contributed by atoms with Gasteiger partial charge in [0.25, 0.3) is 12.4 Å². The number of hydrogen-bond donors (Lipinski definition) is 2. The third-order valence-corrected chi connectivity index (χ3v) is 5.57. The van der Waals surface area contributed by atoms with Crippen LogP contribution < -0.4 is 5.32 Å². The Bertz CT molecular complexity index is 1000. The van der Waals surface area contributed by atoms with E-state index in [0.29, 0.717) is 6.54 Å². The van der Waals surface area contributed by atoms with Gasteiger partial charge in [-0.2, -0.15) is 0 Å². The van der Waals surface area contributed by atoms with Crippen LogP contribution in [0.25, 0.3) is 4.96 Å². The minimum absolute atomic E-state index is 0.0446. The summed E-state index contributed by atoms with van der Waals surface area (Å²) >= 11 is 1.54. The second-order valence-electron chi connectivity index (χ2n) is 7.13. The van der Waals surface area contributed by atoms with Crippen LogP contribution in [-0.4, -0.2) is 56.4 Å². The second-order valence-corrected chi connectivity index (χ2v) is 8.00. The van der Waals surface area contributed by atoms with Crippen LogP contribution in [0.4, 0.5) is 0 Å². The quantitative estimate of drug-likeness (QED) is 0.583. The lowest BCUT2D eigenvalue weighted by Gasteiger charge is -2.42. The fourth-order valence-electron chi connectivity index (χ4n) is 3.58. The molecule has 0 unspecified atom stereocenters.